The molecule has 2 heterocycles. The van der Waals surface area contributed by atoms with Crippen LogP contribution in [0.4, 0.5) is 6.01 Å². The summed E-state index contributed by atoms with van der Waals surface area (Å²) in [5, 5.41) is 7.15. The Balaban J connectivity index is 1.29. The van der Waals surface area contributed by atoms with Crippen molar-refractivity contribution < 1.29 is 14.1 Å². The summed E-state index contributed by atoms with van der Waals surface area (Å²) in [4.78, 5) is 19.1. The van der Waals surface area contributed by atoms with Gasteiger partial charge in [-0.25, -0.2) is 0 Å². The SMILES string of the molecule is COc1ccc(-c2noc(N3CCC(C(=O)NCc4ccc(C)cc4)CC3)n2)cc1. The van der Waals surface area contributed by atoms with Gasteiger partial charge in [0.1, 0.15) is 5.75 Å². The Labute approximate surface area is 176 Å². The van der Waals surface area contributed by atoms with E-state index in [1.54, 1.807) is 7.11 Å². The highest BCUT2D eigenvalue weighted by Crippen LogP contribution is 2.26. The van der Waals surface area contributed by atoms with Gasteiger partial charge in [-0.15, -0.1) is 0 Å². The maximum atomic E-state index is 12.5. The standard InChI is InChI=1S/C23H26N4O3/c1-16-3-5-17(6-4-16)15-24-22(28)19-11-13-27(14-12-19)23-25-21(26-30-23)18-7-9-20(29-2)10-8-18/h3-10,19H,11-15H2,1-2H3,(H,24,28). The second-order valence-electron chi connectivity index (χ2n) is 7.59. The molecule has 0 radical (unpaired) electrons. The molecule has 1 aromatic heterocycles. The summed E-state index contributed by atoms with van der Waals surface area (Å²) in [7, 11) is 1.63. The summed E-state index contributed by atoms with van der Waals surface area (Å²) < 4.78 is 10.6. The van der Waals surface area contributed by atoms with Crippen molar-refractivity contribution in [2.75, 3.05) is 25.1 Å². The first kappa shape index (κ1) is 19.9. The number of hydrogen-bond donors (Lipinski definition) is 1. The highest BCUT2D eigenvalue weighted by molar-refractivity contribution is 5.79. The van der Waals surface area contributed by atoms with Gasteiger partial charge >= 0.3 is 6.01 Å². The summed E-state index contributed by atoms with van der Waals surface area (Å²) in [5.41, 5.74) is 3.20. The number of aromatic nitrogens is 2. The first-order chi connectivity index (χ1) is 14.6. The van der Waals surface area contributed by atoms with Gasteiger partial charge in [-0.05, 0) is 49.6 Å². The van der Waals surface area contributed by atoms with Gasteiger partial charge in [0.05, 0.1) is 7.11 Å². The van der Waals surface area contributed by atoms with Crippen LogP contribution in [-0.4, -0.2) is 36.2 Å². The van der Waals surface area contributed by atoms with Crippen molar-refractivity contribution in [2.24, 2.45) is 5.92 Å². The van der Waals surface area contributed by atoms with E-state index in [-0.39, 0.29) is 11.8 Å². The molecule has 30 heavy (non-hydrogen) atoms. The fourth-order valence-electron chi connectivity index (χ4n) is 3.57. The average molecular weight is 406 g/mol. The fourth-order valence-corrected chi connectivity index (χ4v) is 3.57. The van der Waals surface area contributed by atoms with Crippen LogP contribution in [0.5, 0.6) is 5.75 Å². The van der Waals surface area contributed by atoms with Crippen LogP contribution in [0.1, 0.15) is 24.0 Å². The van der Waals surface area contributed by atoms with Crippen LogP contribution in [-0.2, 0) is 11.3 Å². The Kier molecular flexibility index (Phi) is 5.97. The van der Waals surface area contributed by atoms with E-state index in [2.05, 4.69) is 34.5 Å². The monoisotopic (exact) mass is 406 g/mol. The second kappa shape index (κ2) is 8.98. The number of anilines is 1. The number of nitrogens with zero attached hydrogens (tertiary/aromatic N) is 3. The molecule has 0 atom stereocenters. The van der Waals surface area contributed by atoms with Crippen LogP contribution in [0.15, 0.2) is 53.1 Å². The number of rotatable bonds is 6. The molecule has 0 unspecified atom stereocenters. The molecule has 1 aliphatic heterocycles. The van der Waals surface area contributed by atoms with Crippen LogP contribution in [0, 0.1) is 12.8 Å². The quantitative estimate of drug-likeness (QED) is 0.674. The zero-order valence-corrected chi connectivity index (χ0v) is 17.3. The number of piperidine rings is 1. The molecule has 1 fully saturated rings. The number of methoxy groups -OCH3 is 1. The summed E-state index contributed by atoms with van der Waals surface area (Å²) >= 11 is 0. The second-order valence-corrected chi connectivity index (χ2v) is 7.59. The third-order valence-corrected chi connectivity index (χ3v) is 5.49. The minimum Gasteiger partial charge on any atom is -0.497 e. The lowest BCUT2D eigenvalue weighted by atomic mass is 9.96. The van der Waals surface area contributed by atoms with E-state index in [9.17, 15) is 4.79 Å². The van der Waals surface area contributed by atoms with Crippen LogP contribution in [0.2, 0.25) is 0 Å². The topological polar surface area (TPSA) is 80.5 Å². The molecule has 0 saturated carbocycles. The van der Waals surface area contributed by atoms with Gasteiger partial charge in [0.2, 0.25) is 11.7 Å². The smallest absolute Gasteiger partial charge is 0.324 e. The Morgan fingerprint density at radius 1 is 1.13 bits per heavy atom. The maximum Gasteiger partial charge on any atom is 0.324 e. The first-order valence-electron chi connectivity index (χ1n) is 10.2. The normalized spacial score (nSPS) is 14.5. The largest absolute Gasteiger partial charge is 0.497 e. The molecular formula is C23H26N4O3. The van der Waals surface area contributed by atoms with Crippen LogP contribution in [0.25, 0.3) is 11.4 Å². The van der Waals surface area contributed by atoms with Crippen molar-refractivity contribution in [2.45, 2.75) is 26.3 Å². The minimum absolute atomic E-state index is 0.00989. The Morgan fingerprint density at radius 3 is 2.50 bits per heavy atom. The van der Waals surface area contributed by atoms with Gasteiger partial charge in [0, 0.05) is 31.1 Å². The summed E-state index contributed by atoms with van der Waals surface area (Å²) in [6, 6.07) is 16.3. The zero-order chi connectivity index (χ0) is 20.9. The predicted octanol–water partition coefficient (Wildman–Crippen LogP) is 3.59. The Morgan fingerprint density at radius 2 is 1.83 bits per heavy atom. The lowest BCUT2D eigenvalue weighted by Crippen LogP contribution is -2.40. The number of hydrogen-bond acceptors (Lipinski definition) is 6. The molecule has 1 amide bonds. The van der Waals surface area contributed by atoms with E-state index in [4.69, 9.17) is 9.26 Å². The number of nitrogens with one attached hydrogen (secondary N) is 1. The number of carbonyl (C=O) groups excluding carboxylic acids is 1. The molecule has 156 valence electrons. The van der Waals surface area contributed by atoms with Crippen molar-refractivity contribution in [1.82, 2.24) is 15.5 Å². The number of amides is 1. The van der Waals surface area contributed by atoms with Gasteiger partial charge in [-0.1, -0.05) is 35.0 Å². The summed E-state index contributed by atoms with van der Waals surface area (Å²) in [5.74, 6) is 1.45. The van der Waals surface area contributed by atoms with E-state index in [0.29, 0.717) is 31.5 Å². The molecule has 7 heteroatoms. The molecule has 7 nitrogen and oxygen atoms in total. The summed E-state index contributed by atoms with van der Waals surface area (Å²) in [6.45, 7) is 4.05. The van der Waals surface area contributed by atoms with Gasteiger partial charge in [0.25, 0.3) is 0 Å². The van der Waals surface area contributed by atoms with E-state index in [1.165, 1.54) is 5.56 Å². The van der Waals surface area contributed by atoms with Gasteiger partial charge in [-0.2, -0.15) is 4.98 Å². The van der Waals surface area contributed by atoms with E-state index in [0.717, 1.165) is 29.7 Å². The molecule has 1 saturated heterocycles. The van der Waals surface area contributed by atoms with Gasteiger partial charge < -0.3 is 19.5 Å². The zero-order valence-electron chi connectivity index (χ0n) is 17.3. The number of aryl methyl sites for hydroxylation is 1. The van der Waals surface area contributed by atoms with E-state index < -0.39 is 0 Å². The Bertz CT molecular complexity index is 974. The lowest BCUT2D eigenvalue weighted by Gasteiger charge is -2.29. The third-order valence-electron chi connectivity index (χ3n) is 5.49. The first-order valence-corrected chi connectivity index (χ1v) is 10.2. The predicted molar refractivity (Wildman–Crippen MR) is 114 cm³/mol. The molecule has 0 aliphatic carbocycles. The van der Waals surface area contributed by atoms with Crippen LogP contribution >= 0.6 is 0 Å². The van der Waals surface area contributed by atoms with E-state index in [1.807, 2.05) is 41.3 Å². The third kappa shape index (κ3) is 4.62. The molecule has 4 rings (SSSR count). The van der Waals surface area contributed by atoms with Gasteiger partial charge in [-0.3, -0.25) is 4.79 Å². The highest BCUT2D eigenvalue weighted by Gasteiger charge is 2.27. The molecular weight excluding hydrogens is 380 g/mol. The molecule has 3 aromatic rings. The van der Waals surface area contributed by atoms with Crippen molar-refractivity contribution in [3.63, 3.8) is 0 Å². The highest BCUT2D eigenvalue weighted by atomic mass is 16.5. The van der Waals surface area contributed by atoms with Crippen molar-refractivity contribution >= 4 is 11.9 Å². The molecule has 2 aromatic carbocycles. The van der Waals surface area contributed by atoms with Crippen LogP contribution < -0.4 is 15.0 Å². The number of benzene rings is 2. The summed E-state index contributed by atoms with van der Waals surface area (Å²) in [6.07, 6.45) is 1.53. The lowest BCUT2D eigenvalue weighted by molar-refractivity contribution is -0.125. The van der Waals surface area contributed by atoms with Crippen molar-refractivity contribution in [1.29, 1.82) is 0 Å². The average Bonchev–Trinajstić information content (AvgIpc) is 3.29. The van der Waals surface area contributed by atoms with Crippen molar-refractivity contribution in [3.05, 3.63) is 59.7 Å². The van der Waals surface area contributed by atoms with Crippen LogP contribution in [0.3, 0.4) is 0 Å². The van der Waals surface area contributed by atoms with Gasteiger partial charge in [0.15, 0.2) is 0 Å². The molecule has 0 bridgehead atoms. The Hall–Kier alpha value is -3.35. The van der Waals surface area contributed by atoms with Crippen molar-refractivity contribution in [3.8, 4) is 17.1 Å². The maximum absolute atomic E-state index is 12.5. The fraction of sp³-hybridized carbons (Fsp3) is 0.348. The minimum atomic E-state index is 0.00989. The van der Waals surface area contributed by atoms with E-state index >= 15 is 0 Å². The molecule has 0 spiro atoms. The number of carbonyl (C=O) groups is 1. The molecule has 1 N–H and O–H groups in total. The number of ether oxygens (including phenoxy) is 1. The molecule has 1 aliphatic rings.